The number of carbonyl (C=O) groups is 3. The average Bonchev–Trinajstić information content (AvgIpc) is 3.52. The molecule has 218 valence electrons. The zero-order valence-corrected chi connectivity index (χ0v) is 24.4. The minimum Gasteiger partial charge on any atom is -0.444 e. The minimum absolute atomic E-state index is 0.00200. The molecule has 3 unspecified atom stereocenters. The van der Waals surface area contributed by atoms with Gasteiger partial charge in [-0.25, -0.2) is 14.6 Å². The van der Waals surface area contributed by atoms with Crippen LogP contribution in [0.25, 0.3) is 0 Å². The molecule has 2 N–H and O–H groups in total. The van der Waals surface area contributed by atoms with Crippen LogP contribution in [0, 0.1) is 0 Å². The number of hydrogen-bond acceptors (Lipinski definition) is 7. The van der Waals surface area contributed by atoms with Crippen molar-refractivity contribution in [3.8, 4) is 0 Å². The molecule has 0 aliphatic carbocycles. The van der Waals surface area contributed by atoms with E-state index in [0.717, 1.165) is 18.4 Å². The Balaban J connectivity index is 1.41. The Morgan fingerprint density at radius 2 is 1.85 bits per heavy atom. The van der Waals surface area contributed by atoms with Crippen molar-refractivity contribution in [2.75, 3.05) is 5.32 Å². The summed E-state index contributed by atoms with van der Waals surface area (Å²) in [4.78, 5) is 45.6. The first-order chi connectivity index (χ1) is 19.4. The van der Waals surface area contributed by atoms with Crippen LogP contribution in [0.1, 0.15) is 64.5 Å². The molecule has 3 aliphatic heterocycles. The number of hydrogen-bond donors (Lipinski definition) is 2. The molecule has 11 heteroatoms. The minimum atomic E-state index is -1.14. The van der Waals surface area contributed by atoms with Gasteiger partial charge in [-0.05, 0) is 58.6 Å². The number of ether oxygens (including phenoxy) is 3. The fourth-order valence-corrected chi connectivity index (χ4v) is 5.98. The predicted molar refractivity (Wildman–Crippen MR) is 154 cm³/mol. The van der Waals surface area contributed by atoms with Gasteiger partial charge in [0.05, 0.1) is 40.9 Å². The van der Waals surface area contributed by atoms with Crippen LogP contribution in [0.2, 0.25) is 5.02 Å². The summed E-state index contributed by atoms with van der Waals surface area (Å²) in [5.74, 6) is -0.123. The van der Waals surface area contributed by atoms with Gasteiger partial charge >= 0.3 is 12.2 Å². The fourth-order valence-electron chi connectivity index (χ4n) is 5.60. The molecule has 2 saturated heterocycles. The Labute approximate surface area is 244 Å². The lowest BCUT2D eigenvalue weighted by atomic mass is 9.85. The third-order valence-electron chi connectivity index (χ3n) is 7.39. The molecule has 3 aliphatic rings. The van der Waals surface area contributed by atoms with Crippen molar-refractivity contribution in [1.82, 2.24) is 10.2 Å². The van der Waals surface area contributed by atoms with Crippen molar-refractivity contribution < 1.29 is 28.6 Å². The third kappa shape index (κ3) is 6.49. The van der Waals surface area contributed by atoms with Crippen molar-refractivity contribution in [1.29, 1.82) is 0 Å². The number of nitrogens with zero attached hydrogens (tertiary/aromatic N) is 2. The first-order valence-electron chi connectivity index (χ1n) is 13.8. The van der Waals surface area contributed by atoms with Crippen LogP contribution in [0.5, 0.6) is 0 Å². The summed E-state index contributed by atoms with van der Waals surface area (Å²) < 4.78 is 16.8. The van der Waals surface area contributed by atoms with E-state index < -0.39 is 23.3 Å². The van der Waals surface area contributed by atoms with Crippen LogP contribution in [0.4, 0.5) is 15.3 Å². The molecule has 0 aromatic heterocycles. The highest BCUT2D eigenvalue weighted by Crippen LogP contribution is 2.43. The lowest BCUT2D eigenvalue weighted by Crippen LogP contribution is -2.59. The van der Waals surface area contributed by atoms with E-state index >= 15 is 0 Å². The largest absolute Gasteiger partial charge is 0.444 e. The third-order valence-corrected chi connectivity index (χ3v) is 7.80. The number of anilines is 1. The Hall–Kier alpha value is -3.63. The van der Waals surface area contributed by atoms with Crippen LogP contribution < -0.4 is 10.6 Å². The molecule has 2 bridgehead atoms. The second kappa shape index (κ2) is 11.3. The highest BCUT2D eigenvalue weighted by Gasteiger charge is 2.50. The first-order valence-corrected chi connectivity index (χ1v) is 14.1. The smallest absolute Gasteiger partial charge is 0.414 e. The van der Waals surface area contributed by atoms with E-state index in [2.05, 4.69) is 10.6 Å². The number of rotatable bonds is 5. The van der Waals surface area contributed by atoms with E-state index in [9.17, 15) is 14.4 Å². The van der Waals surface area contributed by atoms with Crippen molar-refractivity contribution in [2.45, 2.75) is 89.4 Å². The lowest BCUT2D eigenvalue weighted by Gasteiger charge is -2.41. The Kier molecular flexibility index (Phi) is 7.98. The summed E-state index contributed by atoms with van der Waals surface area (Å²) in [6.07, 6.45) is 1.06. The maximum absolute atomic E-state index is 13.8. The van der Waals surface area contributed by atoms with E-state index in [1.165, 1.54) is 0 Å². The van der Waals surface area contributed by atoms with Gasteiger partial charge in [0.2, 0.25) is 11.9 Å². The highest BCUT2D eigenvalue weighted by atomic mass is 35.5. The standard InChI is InChI=1S/C30H35ClN4O6/c1-29(2,3)41-28(38)33-26-34-30(4,16-24(36)35(26)22-15-19-13-14-23(22)40-19)20-11-8-12-21(25(20)31)32-27(37)39-17-18-9-6-5-7-10-18/h5-12,19,22-23H,13-17H2,1-4H3,(H,32,37)(H,33,34,38)/t19?,22?,23?,30-/m0/s1. The maximum Gasteiger partial charge on any atom is 0.414 e. The summed E-state index contributed by atoms with van der Waals surface area (Å²) in [6.45, 7) is 7.15. The summed E-state index contributed by atoms with van der Waals surface area (Å²) >= 11 is 6.80. The number of fused-ring (bicyclic) bond motifs is 2. The Morgan fingerprint density at radius 1 is 1.10 bits per heavy atom. The molecule has 0 spiro atoms. The van der Waals surface area contributed by atoms with Gasteiger partial charge in [-0.1, -0.05) is 54.1 Å². The molecule has 2 aromatic rings. The summed E-state index contributed by atoms with van der Waals surface area (Å²) in [5.41, 5.74) is -0.206. The number of amides is 3. The monoisotopic (exact) mass is 582 g/mol. The number of nitrogens with one attached hydrogen (secondary N) is 2. The lowest BCUT2D eigenvalue weighted by molar-refractivity contribution is -0.132. The molecular formula is C30H35ClN4O6. The predicted octanol–water partition coefficient (Wildman–Crippen LogP) is 5.74. The summed E-state index contributed by atoms with van der Waals surface area (Å²) in [7, 11) is 0. The first kappa shape index (κ1) is 28.9. The van der Waals surface area contributed by atoms with Gasteiger partial charge in [-0.3, -0.25) is 20.3 Å². The van der Waals surface area contributed by atoms with Gasteiger partial charge in [0.15, 0.2) is 0 Å². The van der Waals surface area contributed by atoms with Crippen LogP contribution in [-0.2, 0) is 31.2 Å². The summed E-state index contributed by atoms with van der Waals surface area (Å²) in [6, 6.07) is 14.2. The number of alkyl carbamates (subject to hydrolysis) is 1. The van der Waals surface area contributed by atoms with Crippen molar-refractivity contribution in [2.24, 2.45) is 4.99 Å². The van der Waals surface area contributed by atoms with Crippen molar-refractivity contribution in [3.63, 3.8) is 0 Å². The molecule has 0 saturated carbocycles. The Bertz CT molecular complexity index is 1360. The molecule has 3 amide bonds. The number of benzene rings is 2. The number of halogens is 1. The van der Waals surface area contributed by atoms with Crippen LogP contribution >= 0.6 is 11.6 Å². The van der Waals surface area contributed by atoms with Crippen molar-refractivity contribution in [3.05, 3.63) is 64.7 Å². The molecular weight excluding hydrogens is 548 g/mol. The molecule has 0 radical (unpaired) electrons. The second-order valence-electron chi connectivity index (χ2n) is 11.8. The number of aliphatic imine (C=N–C) groups is 1. The highest BCUT2D eigenvalue weighted by molar-refractivity contribution is 6.34. The average molecular weight is 583 g/mol. The van der Waals surface area contributed by atoms with Gasteiger partial charge in [0.1, 0.15) is 12.2 Å². The van der Waals surface area contributed by atoms with Crippen molar-refractivity contribution >= 4 is 41.3 Å². The number of carbonyl (C=O) groups excluding carboxylic acids is 3. The maximum atomic E-state index is 13.8. The molecule has 10 nitrogen and oxygen atoms in total. The van der Waals surface area contributed by atoms with Crippen LogP contribution in [0.3, 0.4) is 0 Å². The summed E-state index contributed by atoms with van der Waals surface area (Å²) in [5, 5.41) is 5.63. The van der Waals surface area contributed by atoms with E-state index in [1.54, 1.807) is 50.8 Å². The number of guanidine groups is 1. The topological polar surface area (TPSA) is 119 Å². The van der Waals surface area contributed by atoms with Gasteiger partial charge in [-0.2, -0.15) is 0 Å². The van der Waals surface area contributed by atoms with E-state index in [4.69, 9.17) is 30.8 Å². The Morgan fingerprint density at radius 3 is 2.51 bits per heavy atom. The van der Waals surface area contributed by atoms with Gasteiger partial charge < -0.3 is 14.2 Å². The molecule has 2 fully saturated rings. The van der Waals surface area contributed by atoms with Crippen LogP contribution in [-0.4, -0.2) is 52.8 Å². The molecule has 41 heavy (non-hydrogen) atoms. The van der Waals surface area contributed by atoms with Gasteiger partial charge in [0.25, 0.3) is 0 Å². The zero-order chi connectivity index (χ0) is 29.4. The molecule has 3 heterocycles. The zero-order valence-electron chi connectivity index (χ0n) is 23.6. The molecule has 5 rings (SSSR count). The van der Waals surface area contributed by atoms with E-state index in [1.807, 2.05) is 30.3 Å². The SMILES string of the molecule is CC(C)(C)OC(=O)NC1=N[C@](C)(c2cccc(NC(=O)OCc3ccccc3)c2Cl)CC(=O)N1C1CC2CCC1O2. The normalized spacial score (nSPS) is 25.5. The quantitative estimate of drug-likeness (QED) is 0.464. The van der Waals surface area contributed by atoms with Crippen LogP contribution in [0.15, 0.2) is 53.5 Å². The second-order valence-corrected chi connectivity index (χ2v) is 12.2. The van der Waals surface area contributed by atoms with E-state index in [0.29, 0.717) is 17.7 Å². The fraction of sp³-hybridized carbons (Fsp3) is 0.467. The molecule has 2 aromatic carbocycles. The van der Waals surface area contributed by atoms with Gasteiger partial charge in [-0.15, -0.1) is 0 Å². The van der Waals surface area contributed by atoms with Gasteiger partial charge in [0, 0.05) is 5.56 Å². The van der Waals surface area contributed by atoms with E-state index in [-0.39, 0.29) is 48.2 Å². The molecule has 4 atom stereocenters.